The molecule has 0 spiro atoms. The Labute approximate surface area is 138 Å². The zero-order valence-electron chi connectivity index (χ0n) is 14.3. The summed E-state index contributed by atoms with van der Waals surface area (Å²) in [4.78, 5) is 22.1. The minimum atomic E-state index is -2.05. The van der Waals surface area contributed by atoms with Crippen molar-refractivity contribution in [3.63, 3.8) is 0 Å². The van der Waals surface area contributed by atoms with Crippen LogP contribution in [0.3, 0.4) is 0 Å². The highest BCUT2D eigenvalue weighted by Crippen LogP contribution is 2.18. The Hall–Kier alpha value is -2.08. The van der Waals surface area contributed by atoms with Gasteiger partial charge in [-0.25, -0.2) is 0 Å². The van der Waals surface area contributed by atoms with E-state index in [1.165, 1.54) is 19.0 Å². The van der Waals surface area contributed by atoms with Crippen molar-refractivity contribution in [2.24, 2.45) is 0 Å². The van der Waals surface area contributed by atoms with Crippen LogP contribution in [-0.4, -0.2) is 40.3 Å². The van der Waals surface area contributed by atoms with Gasteiger partial charge in [-0.1, -0.05) is 30.4 Å². The van der Waals surface area contributed by atoms with Crippen LogP contribution in [-0.2, 0) is 19.1 Å². The first-order chi connectivity index (χ1) is 10.8. The molecule has 0 saturated heterocycles. The Morgan fingerprint density at radius 2 is 1.61 bits per heavy atom. The van der Waals surface area contributed by atoms with Gasteiger partial charge in [0.15, 0.2) is 0 Å². The number of benzene rings is 1. The maximum Gasteiger partial charge on any atom is 0.302 e. The molecule has 1 rings (SSSR count). The maximum atomic E-state index is 11.1. The average molecular weight is 336 g/mol. The van der Waals surface area contributed by atoms with E-state index in [2.05, 4.69) is 13.1 Å². The molecule has 0 fully saturated rings. The summed E-state index contributed by atoms with van der Waals surface area (Å²) in [7, 11) is -0.419. The third-order valence-electron chi connectivity index (χ3n) is 3.66. The largest absolute Gasteiger partial charge is 0.497 e. The normalized spacial score (nSPS) is 11.8. The molecule has 1 aromatic carbocycles. The summed E-state index contributed by atoms with van der Waals surface area (Å²) in [6.45, 7) is 7.47. The predicted octanol–water partition coefficient (Wildman–Crippen LogP) is 2.20. The van der Waals surface area contributed by atoms with E-state index in [1.807, 2.05) is 30.3 Å². The minimum Gasteiger partial charge on any atom is -0.497 e. The fraction of sp³-hybridized carbons (Fsp3) is 0.412. The second-order valence-corrected chi connectivity index (χ2v) is 10.1. The highest BCUT2D eigenvalue weighted by atomic mass is 28.3. The summed E-state index contributed by atoms with van der Waals surface area (Å²) in [6, 6.07) is 7.89. The van der Waals surface area contributed by atoms with Gasteiger partial charge < -0.3 is 14.2 Å². The van der Waals surface area contributed by atoms with Gasteiger partial charge in [0.2, 0.25) is 0 Å². The number of hydrogen-bond acceptors (Lipinski definition) is 5. The summed E-state index contributed by atoms with van der Waals surface area (Å²) >= 11 is 0. The molecule has 0 aliphatic rings. The first-order valence-corrected chi connectivity index (χ1v) is 10.4. The molecule has 0 atom stereocenters. The van der Waals surface area contributed by atoms with Gasteiger partial charge in [0.1, 0.15) is 27.0 Å². The van der Waals surface area contributed by atoms with Crippen LogP contribution in [0.5, 0.6) is 5.75 Å². The van der Waals surface area contributed by atoms with E-state index in [1.54, 1.807) is 7.11 Å². The Morgan fingerprint density at radius 3 is 2.09 bits per heavy atom. The number of ether oxygens (including phenoxy) is 3. The third kappa shape index (κ3) is 5.90. The molecule has 1 aromatic rings. The van der Waals surface area contributed by atoms with Crippen LogP contribution in [0.25, 0.3) is 0 Å². The van der Waals surface area contributed by atoms with Crippen molar-refractivity contribution >= 4 is 25.2 Å². The van der Waals surface area contributed by atoms with E-state index in [0.29, 0.717) is 0 Å². The molecule has 0 bridgehead atoms. The molecule has 0 aliphatic heterocycles. The molecule has 6 heteroatoms. The summed E-state index contributed by atoms with van der Waals surface area (Å²) in [5.74, 6) is 0.129. The summed E-state index contributed by atoms with van der Waals surface area (Å²) in [5.41, 5.74) is 0. The van der Waals surface area contributed by atoms with E-state index in [4.69, 9.17) is 14.2 Å². The topological polar surface area (TPSA) is 61.8 Å². The van der Waals surface area contributed by atoms with Gasteiger partial charge in [-0.3, -0.25) is 9.59 Å². The summed E-state index contributed by atoms with van der Waals surface area (Å²) < 4.78 is 15.4. The van der Waals surface area contributed by atoms with E-state index in [-0.39, 0.29) is 25.2 Å². The smallest absolute Gasteiger partial charge is 0.302 e. The van der Waals surface area contributed by atoms with E-state index in [9.17, 15) is 9.59 Å². The third-order valence-corrected chi connectivity index (χ3v) is 7.39. The minimum absolute atomic E-state index is 0.179. The number of esters is 2. The van der Waals surface area contributed by atoms with Crippen LogP contribution in [0.4, 0.5) is 0 Å². The van der Waals surface area contributed by atoms with Crippen molar-refractivity contribution < 1.29 is 23.8 Å². The van der Waals surface area contributed by atoms with Crippen LogP contribution in [0.15, 0.2) is 35.5 Å². The molecule has 126 valence electrons. The number of hydrogen-bond donors (Lipinski definition) is 0. The van der Waals surface area contributed by atoms with E-state index >= 15 is 0 Å². The lowest BCUT2D eigenvalue weighted by atomic mass is 10.3. The monoisotopic (exact) mass is 336 g/mol. The molecule has 0 heterocycles. The molecular formula is C17H24O5Si. The van der Waals surface area contributed by atoms with Crippen LogP contribution in [0, 0.1) is 0 Å². The number of methoxy groups -OCH3 is 1. The molecule has 0 aromatic heterocycles. The zero-order valence-corrected chi connectivity index (χ0v) is 15.3. The average Bonchev–Trinajstić information content (AvgIpc) is 2.49. The summed E-state index contributed by atoms with van der Waals surface area (Å²) in [6.07, 6.45) is 1.85. The van der Waals surface area contributed by atoms with Gasteiger partial charge in [-0.05, 0) is 23.4 Å². The van der Waals surface area contributed by atoms with Gasteiger partial charge >= 0.3 is 11.9 Å². The molecule has 5 nitrogen and oxygen atoms in total. The lowest BCUT2D eigenvalue weighted by Gasteiger charge is -2.27. The molecular weight excluding hydrogens is 312 g/mol. The van der Waals surface area contributed by atoms with Gasteiger partial charge in [0.25, 0.3) is 0 Å². The zero-order chi connectivity index (χ0) is 17.5. The van der Waals surface area contributed by atoms with Gasteiger partial charge in [-0.15, -0.1) is 0 Å². The van der Waals surface area contributed by atoms with Crippen molar-refractivity contribution in [2.45, 2.75) is 26.9 Å². The fourth-order valence-electron chi connectivity index (χ4n) is 2.13. The lowest BCUT2D eigenvalue weighted by molar-refractivity contribution is -0.141. The van der Waals surface area contributed by atoms with Crippen molar-refractivity contribution in [2.75, 3.05) is 20.3 Å². The Bertz CT molecular complexity index is 575. The number of rotatable bonds is 7. The molecule has 23 heavy (non-hydrogen) atoms. The Kier molecular flexibility index (Phi) is 7.03. The number of carbonyl (C=O) groups excluding carboxylic acids is 2. The number of carbonyl (C=O) groups is 2. The van der Waals surface area contributed by atoms with Gasteiger partial charge in [0, 0.05) is 13.8 Å². The quantitative estimate of drug-likeness (QED) is 0.564. The predicted molar refractivity (Wildman–Crippen MR) is 91.5 cm³/mol. The molecule has 0 N–H and O–H groups in total. The highest BCUT2D eigenvalue weighted by Gasteiger charge is 2.29. The second kappa shape index (κ2) is 8.52. The van der Waals surface area contributed by atoms with E-state index in [0.717, 1.165) is 10.9 Å². The molecule has 0 radical (unpaired) electrons. The van der Waals surface area contributed by atoms with Crippen molar-refractivity contribution in [3.8, 4) is 5.75 Å². The Morgan fingerprint density at radius 1 is 1.04 bits per heavy atom. The molecule has 0 saturated carbocycles. The van der Waals surface area contributed by atoms with Crippen LogP contribution >= 0.6 is 0 Å². The second-order valence-electron chi connectivity index (χ2n) is 5.67. The van der Waals surface area contributed by atoms with Crippen LogP contribution < -0.4 is 9.92 Å². The maximum absolute atomic E-state index is 11.1. The Balaban J connectivity index is 3.03. The fourth-order valence-corrected chi connectivity index (χ4v) is 4.52. The van der Waals surface area contributed by atoms with Crippen molar-refractivity contribution in [1.29, 1.82) is 0 Å². The van der Waals surface area contributed by atoms with Gasteiger partial charge in [0.05, 0.1) is 7.11 Å². The lowest BCUT2D eigenvalue weighted by Crippen LogP contribution is -2.45. The van der Waals surface area contributed by atoms with Crippen LogP contribution in [0.2, 0.25) is 13.1 Å². The molecule has 0 aliphatic carbocycles. The highest BCUT2D eigenvalue weighted by molar-refractivity contribution is 6.95. The molecule has 0 unspecified atom stereocenters. The first kappa shape index (κ1) is 19.0. The molecule has 0 amide bonds. The SMILES string of the molecule is COc1ccc([Si](C)(C)/C(=C/COC(C)=O)COC(C)=O)cc1. The standard InChI is InChI=1S/C17H24O5Si/c1-13(18)21-11-10-17(12-22-14(2)19)23(4,5)16-8-6-15(20-3)7-9-16/h6-10H,11-12H2,1-5H3/b17-10+. The van der Waals surface area contributed by atoms with Crippen molar-refractivity contribution in [1.82, 2.24) is 0 Å². The van der Waals surface area contributed by atoms with Crippen LogP contribution in [0.1, 0.15) is 13.8 Å². The van der Waals surface area contributed by atoms with Crippen molar-refractivity contribution in [3.05, 3.63) is 35.5 Å². The van der Waals surface area contributed by atoms with E-state index < -0.39 is 8.07 Å². The first-order valence-electron chi connectivity index (χ1n) is 7.38. The summed E-state index contributed by atoms with van der Waals surface area (Å²) in [5, 5.41) is 2.18. The van der Waals surface area contributed by atoms with Gasteiger partial charge in [-0.2, -0.15) is 0 Å².